The number of nitrogens with zero attached hydrogens (tertiary/aromatic N) is 1. The average molecular weight is 340 g/mol. The fourth-order valence-corrected chi connectivity index (χ4v) is 5.70. The van der Waals surface area contributed by atoms with Crippen molar-refractivity contribution in [2.24, 2.45) is 0 Å². The summed E-state index contributed by atoms with van der Waals surface area (Å²) in [6.07, 6.45) is 2.90. The minimum atomic E-state index is -3.57. The third-order valence-corrected chi connectivity index (χ3v) is 6.99. The van der Waals surface area contributed by atoms with Crippen molar-refractivity contribution in [3.63, 3.8) is 0 Å². The highest BCUT2D eigenvalue weighted by molar-refractivity contribution is 7.89. The molecule has 1 aliphatic heterocycles. The first-order valence-corrected chi connectivity index (χ1v) is 9.86. The van der Waals surface area contributed by atoms with Crippen LogP contribution in [-0.2, 0) is 10.0 Å². The van der Waals surface area contributed by atoms with Crippen molar-refractivity contribution in [3.8, 4) is 5.75 Å². The molecule has 1 aromatic rings. The summed E-state index contributed by atoms with van der Waals surface area (Å²) in [4.78, 5) is 0.301. The molecule has 1 saturated heterocycles. The molecule has 0 aliphatic carbocycles. The number of hydrogen-bond acceptors (Lipinski definition) is 3. The molecule has 2 rings (SSSR count). The van der Waals surface area contributed by atoms with E-state index in [0.717, 1.165) is 30.4 Å². The molecule has 2 atom stereocenters. The van der Waals surface area contributed by atoms with E-state index in [1.54, 1.807) is 4.31 Å². The van der Waals surface area contributed by atoms with Crippen LogP contribution < -0.4 is 4.74 Å². The molecular formula is C18H29NO3S. The zero-order chi connectivity index (χ0) is 17.4. The van der Waals surface area contributed by atoms with Crippen molar-refractivity contribution >= 4 is 10.0 Å². The van der Waals surface area contributed by atoms with Gasteiger partial charge in [0.2, 0.25) is 10.0 Å². The molecule has 1 fully saturated rings. The zero-order valence-electron chi connectivity index (χ0n) is 15.1. The van der Waals surface area contributed by atoms with E-state index in [2.05, 4.69) is 13.8 Å². The van der Waals surface area contributed by atoms with Gasteiger partial charge in [-0.2, -0.15) is 4.31 Å². The maximum Gasteiger partial charge on any atom is 0.247 e. The Kier molecular flexibility index (Phi) is 5.41. The van der Waals surface area contributed by atoms with Crippen molar-refractivity contribution in [1.82, 2.24) is 4.31 Å². The monoisotopic (exact) mass is 339 g/mol. The highest BCUT2D eigenvalue weighted by Crippen LogP contribution is 2.36. The minimum absolute atomic E-state index is 0.0252. The van der Waals surface area contributed by atoms with E-state index in [0.29, 0.717) is 10.6 Å². The first-order valence-electron chi connectivity index (χ1n) is 8.42. The number of benzene rings is 1. The van der Waals surface area contributed by atoms with Crippen LogP contribution in [0.3, 0.4) is 0 Å². The van der Waals surface area contributed by atoms with E-state index >= 15 is 0 Å². The lowest BCUT2D eigenvalue weighted by Crippen LogP contribution is -2.47. The van der Waals surface area contributed by atoms with Gasteiger partial charge >= 0.3 is 0 Å². The van der Waals surface area contributed by atoms with Crippen molar-refractivity contribution in [2.75, 3.05) is 7.11 Å². The van der Waals surface area contributed by atoms with Crippen LogP contribution in [0, 0.1) is 6.92 Å². The number of piperidine rings is 1. The van der Waals surface area contributed by atoms with Crippen LogP contribution in [0.15, 0.2) is 17.0 Å². The molecule has 0 amide bonds. The topological polar surface area (TPSA) is 46.6 Å². The summed E-state index contributed by atoms with van der Waals surface area (Å²) in [5.41, 5.74) is 2.12. The third-order valence-electron chi connectivity index (χ3n) is 4.84. The van der Waals surface area contributed by atoms with Crippen molar-refractivity contribution in [2.45, 2.75) is 76.8 Å². The van der Waals surface area contributed by atoms with E-state index < -0.39 is 10.0 Å². The molecule has 0 spiro atoms. The van der Waals surface area contributed by atoms with Gasteiger partial charge in [0, 0.05) is 12.1 Å². The van der Waals surface area contributed by atoms with Gasteiger partial charge in [0.05, 0.1) is 7.11 Å². The van der Waals surface area contributed by atoms with Crippen LogP contribution in [0.5, 0.6) is 5.75 Å². The highest BCUT2D eigenvalue weighted by atomic mass is 32.2. The van der Waals surface area contributed by atoms with Gasteiger partial charge in [0.1, 0.15) is 10.6 Å². The smallest absolute Gasteiger partial charge is 0.247 e. The summed E-state index contributed by atoms with van der Waals surface area (Å²) >= 11 is 0. The van der Waals surface area contributed by atoms with Gasteiger partial charge in [-0.15, -0.1) is 0 Å². The summed E-state index contributed by atoms with van der Waals surface area (Å²) in [5.74, 6) is 0.711. The van der Waals surface area contributed by atoms with Gasteiger partial charge in [0.25, 0.3) is 0 Å². The van der Waals surface area contributed by atoms with Crippen LogP contribution in [0.1, 0.15) is 64.0 Å². The maximum atomic E-state index is 13.3. The van der Waals surface area contributed by atoms with Crippen LogP contribution >= 0.6 is 0 Å². The number of hydrogen-bond donors (Lipinski definition) is 0. The third kappa shape index (κ3) is 3.41. The van der Waals surface area contributed by atoms with Crippen LogP contribution in [0.4, 0.5) is 0 Å². The predicted octanol–water partition coefficient (Wildman–Crippen LogP) is 4.08. The lowest BCUT2D eigenvalue weighted by Gasteiger charge is -2.38. The second-order valence-corrected chi connectivity index (χ2v) is 8.79. The molecule has 5 heteroatoms. The fraction of sp³-hybridized carbons (Fsp3) is 0.667. The summed E-state index contributed by atoms with van der Waals surface area (Å²) in [5, 5.41) is 0. The molecule has 130 valence electrons. The number of sulfonamides is 1. The summed E-state index contributed by atoms with van der Waals surface area (Å²) in [6, 6.07) is 3.71. The normalized spacial score (nSPS) is 23.3. The summed E-state index contributed by atoms with van der Waals surface area (Å²) in [6.45, 7) is 10.2. The lowest BCUT2D eigenvalue weighted by atomic mass is 9.98. The number of ether oxygens (including phenoxy) is 1. The Hall–Kier alpha value is -1.07. The summed E-state index contributed by atoms with van der Waals surface area (Å²) in [7, 11) is -2.03. The lowest BCUT2D eigenvalue weighted by molar-refractivity contribution is 0.203. The van der Waals surface area contributed by atoms with Gasteiger partial charge < -0.3 is 4.74 Å². The second-order valence-electron chi connectivity index (χ2n) is 6.98. The first kappa shape index (κ1) is 18.3. The average Bonchev–Trinajstić information content (AvgIpc) is 2.45. The molecule has 0 aromatic heterocycles. The van der Waals surface area contributed by atoms with Crippen molar-refractivity contribution in [1.29, 1.82) is 0 Å². The summed E-state index contributed by atoms with van der Waals surface area (Å²) < 4.78 is 33.7. The molecule has 1 heterocycles. The Morgan fingerprint density at radius 1 is 1.17 bits per heavy atom. The Morgan fingerprint density at radius 3 is 2.22 bits per heavy atom. The molecule has 4 nitrogen and oxygen atoms in total. The van der Waals surface area contributed by atoms with Gasteiger partial charge in [-0.25, -0.2) is 8.42 Å². The van der Waals surface area contributed by atoms with Crippen molar-refractivity contribution < 1.29 is 13.2 Å². The van der Waals surface area contributed by atoms with Gasteiger partial charge in [-0.1, -0.05) is 20.3 Å². The van der Waals surface area contributed by atoms with Gasteiger partial charge in [-0.3, -0.25) is 0 Å². The van der Waals surface area contributed by atoms with Crippen molar-refractivity contribution in [3.05, 3.63) is 23.3 Å². The van der Waals surface area contributed by atoms with E-state index in [9.17, 15) is 8.42 Å². The van der Waals surface area contributed by atoms with E-state index in [1.807, 2.05) is 32.9 Å². The molecular weight excluding hydrogens is 310 g/mol. The van der Waals surface area contributed by atoms with Crippen LogP contribution in [-0.4, -0.2) is 31.9 Å². The van der Waals surface area contributed by atoms with Crippen LogP contribution in [0.25, 0.3) is 0 Å². The molecule has 1 aromatic carbocycles. The Bertz CT molecular complexity index is 657. The molecule has 0 radical (unpaired) electrons. The Morgan fingerprint density at radius 2 is 1.74 bits per heavy atom. The molecule has 0 bridgehead atoms. The van der Waals surface area contributed by atoms with E-state index in [4.69, 9.17) is 4.74 Å². The van der Waals surface area contributed by atoms with Crippen LogP contribution in [0.2, 0.25) is 0 Å². The van der Waals surface area contributed by atoms with E-state index in [1.165, 1.54) is 7.11 Å². The quantitative estimate of drug-likeness (QED) is 0.830. The van der Waals surface area contributed by atoms with Gasteiger partial charge in [-0.05, 0) is 62.8 Å². The molecule has 23 heavy (non-hydrogen) atoms. The number of aryl methyl sites for hydroxylation is 1. The Labute approximate surface area is 140 Å². The molecule has 2 unspecified atom stereocenters. The highest BCUT2D eigenvalue weighted by Gasteiger charge is 2.37. The second kappa shape index (κ2) is 6.81. The number of methoxy groups -OCH3 is 1. The molecule has 0 saturated carbocycles. The largest absolute Gasteiger partial charge is 0.495 e. The minimum Gasteiger partial charge on any atom is -0.495 e. The number of rotatable bonds is 4. The Balaban J connectivity index is 2.60. The maximum absolute atomic E-state index is 13.3. The van der Waals surface area contributed by atoms with E-state index in [-0.39, 0.29) is 18.0 Å². The standard InChI is InChI=1S/C18H29NO3S/c1-12(2)16-11-18(17(22-6)10-13(16)3)23(20,21)19-14(4)8-7-9-15(19)5/h10-12,14-15H,7-9H2,1-6H3. The SMILES string of the molecule is COc1cc(C)c(C(C)C)cc1S(=O)(=O)N1C(C)CCCC1C. The predicted molar refractivity (Wildman–Crippen MR) is 93.6 cm³/mol. The van der Waals surface area contributed by atoms with Gasteiger partial charge in [0.15, 0.2) is 0 Å². The molecule has 0 N–H and O–H groups in total. The fourth-order valence-electron chi connectivity index (χ4n) is 3.65. The molecule has 1 aliphatic rings. The zero-order valence-corrected chi connectivity index (χ0v) is 15.9. The first-order chi connectivity index (χ1) is 10.7.